The van der Waals surface area contributed by atoms with E-state index >= 15 is 0 Å². The SMILES string of the molecule is COc1ccc(NC(=O)CN(Cc2ccccc2)C(CO)C(C)C)c([N+](=O)[O-])c1. The third-order valence-corrected chi connectivity index (χ3v) is 4.68. The maximum atomic E-state index is 12.7. The number of nitrogens with zero attached hydrogens (tertiary/aromatic N) is 2. The van der Waals surface area contributed by atoms with E-state index in [0.717, 1.165) is 5.56 Å². The van der Waals surface area contributed by atoms with Crippen molar-refractivity contribution in [3.8, 4) is 5.75 Å². The number of benzene rings is 2. The largest absolute Gasteiger partial charge is 0.496 e. The number of nitrogens with one attached hydrogen (secondary N) is 1. The molecule has 0 aliphatic rings. The van der Waals surface area contributed by atoms with Crippen LogP contribution in [0.15, 0.2) is 48.5 Å². The Morgan fingerprint density at radius 1 is 1.24 bits per heavy atom. The van der Waals surface area contributed by atoms with Gasteiger partial charge in [-0.3, -0.25) is 19.8 Å². The van der Waals surface area contributed by atoms with E-state index < -0.39 is 10.8 Å². The van der Waals surface area contributed by atoms with Crippen molar-refractivity contribution >= 4 is 17.3 Å². The molecule has 8 heteroatoms. The highest BCUT2D eigenvalue weighted by Gasteiger charge is 2.25. The van der Waals surface area contributed by atoms with Crippen LogP contribution in [0.25, 0.3) is 0 Å². The van der Waals surface area contributed by atoms with Crippen molar-refractivity contribution in [1.29, 1.82) is 0 Å². The average Bonchev–Trinajstić information content (AvgIpc) is 2.69. The van der Waals surface area contributed by atoms with Gasteiger partial charge in [-0.05, 0) is 23.6 Å². The minimum absolute atomic E-state index is 0.0124. The second-order valence-corrected chi connectivity index (χ2v) is 7.07. The van der Waals surface area contributed by atoms with Crippen molar-refractivity contribution in [3.63, 3.8) is 0 Å². The molecule has 2 aromatic rings. The topological polar surface area (TPSA) is 105 Å². The summed E-state index contributed by atoms with van der Waals surface area (Å²) >= 11 is 0. The van der Waals surface area contributed by atoms with Crippen molar-refractivity contribution in [2.75, 3.05) is 25.6 Å². The molecule has 1 unspecified atom stereocenters. The first-order valence-electron chi connectivity index (χ1n) is 9.36. The van der Waals surface area contributed by atoms with Gasteiger partial charge < -0.3 is 15.2 Å². The predicted octanol–water partition coefficient (Wildman–Crippen LogP) is 3.06. The number of aliphatic hydroxyl groups excluding tert-OH is 1. The van der Waals surface area contributed by atoms with Crippen LogP contribution in [-0.2, 0) is 11.3 Å². The number of methoxy groups -OCH3 is 1. The van der Waals surface area contributed by atoms with Crippen LogP contribution < -0.4 is 10.1 Å². The first kappa shape index (κ1) is 22.3. The Morgan fingerprint density at radius 2 is 1.93 bits per heavy atom. The van der Waals surface area contributed by atoms with Crippen LogP contribution in [0.4, 0.5) is 11.4 Å². The van der Waals surface area contributed by atoms with Gasteiger partial charge in [0.1, 0.15) is 11.4 Å². The zero-order valence-corrected chi connectivity index (χ0v) is 16.9. The molecule has 0 aliphatic heterocycles. The number of carbonyl (C=O) groups is 1. The van der Waals surface area contributed by atoms with Crippen LogP contribution in [0.5, 0.6) is 5.75 Å². The van der Waals surface area contributed by atoms with E-state index in [1.807, 2.05) is 49.1 Å². The summed E-state index contributed by atoms with van der Waals surface area (Å²) in [5.74, 6) is 0.0562. The summed E-state index contributed by atoms with van der Waals surface area (Å²) in [5, 5.41) is 23.8. The molecule has 8 nitrogen and oxygen atoms in total. The van der Waals surface area contributed by atoms with Crippen molar-refractivity contribution < 1.29 is 19.6 Å². The third kappa shape index (κ3) is 6.27. The smallest absolute Gasteiger partial charge is 0.296 e. The van der Waals surface area contributed by atoms with Crippen molar-refractivity contribution in [2.24, 2.45) is 5.92 Å². The first-order valence-corrected chi connectivity index (χ1v) is 9.36. The Morgan fingerprint density at radius 3 is 2.48 bits per heavy atom. The molecule has 2 rings (SSSR count). The molecule has 0 aromatic heterocycles. The van der Waals surface area contributed by atoms with Gasteiger partial charge in [0.2, 0.25) is 5.91 Å². The minimum Gasteiger partial charge on any atom is -0.496 e. The van der Waals surface area contributed by atoms with Crippen LogP contribution in [0.2, 0.25) is 0 Å². The van der Waals surface area contributed by atoms with Crippen LogP contribution in [0.1, 0.15) is 19.4 Å². The standard InChI is InChI=1S/C21H27N3O5/c1-15(2)20(14-25)23(12-16-7-5-4-6-8-16)13-21(26)22-18-10-9-17(29-3)11-19(18)24(27)28/h4-11,15,20,25H,12-14H2,1-3H3,(H,22,26). The van der Waals surface area contributed by atoms with E-state index in [4.69, 9.17) is 4.74 Å². The van der Waals surface area contributed by atoms with Gasteiger partial charge in [0.25, 0.3) is 5.69 Å². The number of hydrogen-bond donors (Lipinski definition) is 2. The van der Waals surface area contributed by atoms with Crippen LogP contribution >= 0.6 is 0 Å². The first-order chi connectivity index (χ1) is 13.8. The predicted molar refractivity (Wildman–Crippen MR) is 111 cm³/mol. The maximum Gasteiger partial charge on any atom is 0.296 e. The lowest BCUT2D eigenvalue weighted by Gasteiger charge is -2.32. The quantitative estimate of drug-likeness (QED) is 0.468. The maximum absolute atomic E-state index is 12.7. The summed E-state index contributed by atoms with van der Waals surface area (Å²) in [7, 11) is 1.42. The molecule has 156 valence electrons. The average molecular weight is 401 g/mol. The zero-order chi connectivity index (χ0) is 21.4. The molecule has 0 bridgehead atoms. The number of amides is 1. The summed E-state index contributed by atoms with van der Waals surface area (Å²) in [4.78, 5) is 25.3. The summed E-state index contributed by atoms with van der Waals surface area (Å²) in [5.41, 5.74) is 0.871. The van der Waals surface area contributed by atoms with Gasteiger partial charge in [-0.25, -0.2) is 0 Å². The lowest BCUT2D eigenvalue weighted by molar-refractivity contribution is -0.384. The van der Waals surface area contributed by atoms with Gasteiger partial charge in [0.15, 0.2) is 0 Å². The molecule has 29 heavy (non-hydrogen) atoms. The monoisotopic (exact) mass is 401 g/mol. The Labute approximate surface area is 170 Å². The van der Waals surface area contributed by atoms with E-state index in [1.54, 1.807) is 6.07 Å². The van der Waals surface area contributed by atoms with E-state index in [9.17, 15) is 20.0 Å². The highest BCUT2D eigenvalue weighted by Crippen LogP contribution is 2.29. The van der Waals surface area contributed by atoms with Gasteiger partial charge in [0, 0.05) is 12.6 Å². The molecule has 0 saturated carbocycles. The number of nitro benzene ring substituents is 1. The summed E-state index contributed by atoms with van der Waals surface area (Å²) < 4.78 is 5.02. The fraction of sp³-hybridized carbons (Fsp3) is 0.381. The highest BCUT2D eigenvalue weighted by atomic mass is 16.6. The number of carbonyl (C=O) groups excluding carboxylic acids is 1. The van der Waals surface area contributed by atoms with Crippen molar-refractivity contribution in [2.45, 2.75) is 26.4 Å². The fourth-order valence-electron chi connectivity index (χ4n) is 3.13. The van der Waals surface area contributed by atoms with Gasteiger partial charge in [-0.2, -0.15) is 0 Å². The van der Waals surface area contributed by atoms with E-state index in [2.05, 4.69) is 5.32 Å². The van der Waals surface area contributed by atoms with E-state index in [1.165, 1.54) is 19.2 Å². The number of rotatable bonds is 10. The number of ether oxygens (including phenoxy) is 1. The molecule has 2 N–H and O–H groups in total. The zero-order valence-electron chi connectivity index (χ0n) is 16.9. The Kier molecular flexibility index (Phi) is 8.11. The number of anilines is 1. The fourth-order valence-corrected chi connectivity index (χ4v) is 3.13. The molecular formula is C21H27N3O5. The van der Waals surface area contributed by atoms with Gasteiger partial charge >= 0.3 is 0 Å². The minimum atomic E-state index is -0.565. The number of nitro groups is 1. The molecular weight excluding hydrogens is 374 g/mol. The van der Waals surface area contributed by atoms with Crippen LogP contribution in [0, 0.1) is 16.0 Å². The van der Waals surface area contributed by atoms with Gasteiger partial charge in [0.05, 0.1) is 31.3 Å². The summed E-state index contributed by atoms with van der Waals surface area (Å²) in [6.07, 6.45) is 0. The molecule has 0 radical (unpaired) electrons. The second kappa shape index (κ2) is 10.5. The molecule has 0 spiro atoms. The molecule has 2 aromatic carbocycles. The van der Waals surface area contributed by atoms with Crippen LogP contribution in [0.3, 0.4) is 0 Å². The van der Waals surface area contributed by atoms with Crippen molar-refractivity contribution in [3.05, 3.63) is 64.2 Å². The molecule has 0 fully saturated rings. The third-order valence-electron chi connectivity index (χ3n) is 4.68. The Bertz CT molecular complexity index is 826. The molecule has 0 heterocycles. The van der Waals surface area contributed by atoms with Crippen LogP contribution in [-0.4, -0.2) is 47.1 Å². The number of aliphatic hydroxyl groups is 1. The highest BCUT2D eigenvalue weighted by molar-refractivity contribution is 5.94. The lowest BCUT2D eigenvalue weighted by atomic mass is 10.0. The second-order valence-electron chi connectivity index (χ2n) is 7.07. The van der Waals surface area contributed by atoms with E-state index in [0.29, 0.717) is 12.3 Å². The van der Waals surface area contributed by atoms with Gasteiger partial charge in [-0.1, -0.05) is 44.2 Å². The van der Waals surface area contributed by atoms with Gasteiger partial charge in [-0.15, -0.1) is 0 Å². The normalized spacial score (nSPS) is 12.1. The Hall–Kier alpha value is -2.97. The van der Waals surface area contributed by atoms with E-state index in [-0.39, 0.29) is 36.5 Å². The molecule has 1 atom stereocenters. The Balaban J connectivity index is 2.20. The lowest BCUT2D eigenvalue weighted by Crippen LogP contribution is -2.45. The van der Waals surface area contributed by atoms with Crippen molar-refractivity contribution in [1.82, 2.24) is 4.90 Å². The molecule has 0 aliphatic carbocycles. The molecule has 1 amide bonds. The summed E-state index contributed by atoms with van der Waals surface area (Å²) in [6, 6.07) is 13.7. The number of hydrogen-bond acceptors (Lipinski definition) is 6. The summed E-state index contributed by atoms with van der Waals surface area (Å²) in [6.45, 7) is 4.32. The molecule has 0 saturated heterocycles.